The van der Waals surface area contributed by atoms with E-state index >= 15 is 0 Å². The first kappa shape index (κ1) is 20.3. The van der Waals surface area contributed by atoms with Crippen molar-refractivity contribution >= 4 is 28.9 Å². The second kappa shape index (κ2) is 8.73. The molecule has 0 fully saturated rings. The van der Waals surface area contributed by atoms with Gasteiger partial charge in [0.25, 0.3) is 11.8 Å². The van der Waals surface area contributed by atoms with Gasteiger partial charge in [-0.3, -0.25) is 9.59 Å². The molecule has 0 spiro atoms. The molecular weight excluding hydrogens is 364 g/mol. The summed E-state index contributed by atoms with van der Waals surface area (Å²) in [4.78, 5) is 25.1. The van der Waals surface area contributed by atoms with Crippen LogP contribution in [0, 0.1) is 12.8 Å². The van der Waals surface area contributed by atoms with Gasteiger partial charge in [-0.05, 0) is 31.0 Å². The number of aryl methyl sites for hydroxylation is 2. The summed E-state index contributed by atoms with van der Waals surface area (Å²) in [6.45, 7) is 5.72. The lowest BCUT2D eigenvalue weighted by Gasteiger charge is -2.20. The third kappa shape index (κ3) is 4.71. The molecule has 1 aromatic heterocycles. The molecule has 0 saturated heterocycles. The molecule has 3 rings (SSSR count). The highest BCUT2D eigenvalue weighted by Gasteiger charge is 2.24. The zero-order chi connectivity index (χ0) is 21.0. The fourth-order valence-corrected chi connectivity index (χ4v) is 3.18. The summed E-state index contributed by atoms with van der Waals surface area (Å²) in [5, 5.41) is 7.97. The van der Waals surface area contributed by atoms with E-state index in [1.54, 1.807) is 18.3 Å². The number of nitrogens with one attached hydrogen (secondary N) is 2. The first-order valence-electron chi connectivity index (χ1n) is 9.61. The van der Waals surface area contributed by atoms with Crippen molar-refractivity contribution in [2.45, 2.75) is 26.8 Å². The molecule has 2 aromatic carbocycles. The zero-order valence-electron chi connectivity index (χ0n) is 17.1. The van der Waals surface area contributed by atoms with Crippen LogP contribution in [0.5, 0.6) is 0 Å². The summed E-state index contributed by atoms with van der Waals surface area (Å²) in [5.41, 5.74) is 6.15. The average molecular weight is 390 g/mol. The molecule has 2 N–H and O–H groups in total. The first-order valence-corrected chi connectivity index (χ1v) is 9.61. The number of amides is 2. The minimum absolute atomic E-state index is 0.0860. The van der Waals surface area contributed by atoms with Crippen molar-refractivity contribution in [2.24, 2.45) is 18.1 Å². The number of hydrogen-bond acceptors (Lipinski definition) is 3. The normalized spacial score (nSPS) is 12.4. The van der Waals surface area contributed by atoms with Gasteiger partial charge in [0, 0.05) is 35.3 Å². The van der Waals surface area contributed by atoms with Crippen LogP contribution >= 0.6 is 0 Å². The van der Waals surface area contributed by atoms with E-state index in [-0.39, 0.29) is 17.7 Å². The molecule has 0 saturated carbocycles. The molecule has 0 aliphatic carbocycles. The maximum atomic E-state index is 12.6. The fraction of sp³-hybridized carbons (Fsp3) is 0.261. The van der Waals surface area contributed by atoms with E-state index in [0.717, 1.165) is 22.0 Å². The predicted molar refractivity (Wildman–Crippen MR) is 116 cm³/mol. The number of para-hydroxylation sites is 1. The van der Waals surface area contributed by atoms with E-state index in [1.165, 1.54) is 0 Å². The number of fused-ring (bicyclic) bond motifs is 1. The second-order valence-electron chi connectivity index (χ2n) is 7.51. The zero-order valence-corrected chi connectivity index (χ0v) is 17.1. The minimum Gasteiger partial charge on any atom is -0.350 e. The number of carbonyl (C=O) groups excluding carboxylic acids is 2. The quantitative estimate of drug-likeness (QED) is 0.500. The highest BCUT2D eigenvalue weighted by atomic mass is 16.2. The summed E-state index contributed by atoms with van der Waals surface area (Å²) in [7, 11) is 1.97. The van der Waals surface area contributed by atoms with Gasteiger partial charge in [-0.2, -0.15) is 5.10 Å². The lowest BCUT2D eigenvalue weighted by molar-refractivity contribution is -0.123. The van der Waals surface area contributed by atoms with E-state index in [4.69, 9.17) is 0 Å². The molecule has 0 radical (unpaired) electrons. The van der Waals surface area contributed by atoms with Crippen molar-refractivity contribution < 1.29 is 9.59 Å². The van der Waals surface area contributed by atoms with Crippen molar-refractivity contribution in [3.63, 3.8) is 0 Å². The molecule has 29 heavy (non-hydrogen) atoms. The Labute approximate surface area is 170 Å². The molecule has 0 aliphatic rings. The highest BCUT2D eigenvalue weighted by molar-refractivity contribution is 6.00. The molecule has 6 heteroatoms. The van der Waals surface area contributed by atoms with E-state index in [1.807, 2.05) is 75.0 Å². The lowest BCUT2D eigenvalue weighted by atomic mass is 10.0. The van der Waals surface area contributed by atoms with E-state index in [0.29, 0.717) is 5.56 Å². The minimum atomic E-state index is -0.687. The van der Waals surface area contributed by atoms with Crippen LogP contribution in [0.3, 0.4) is 0 Å². The smallest absolute Gasteiger partial charge is 0.262 e. The number of rotatable bonds is 6. The van der Waals surface area contributed by atoms with Crippen LogP contribution in [0.4, 0.5) is 0 Å². The molecule has 6 nitrogen and oxygen atoms in total. The van der Waals surface area contributed by atoms with Gasteiger partial charge < -0.3 is 9.88 Å². The van der Waals surface area contributed by atoms with Gasteiger partial charge >= 0.3 is 0 Å². The average Bonchev–Trinajstić information content (AvgIpc) is 3.02. The Kier molecular flexibility index (Phi) is 6.12. The Balaban J connectivity index is 1.68. The molecule has 3 aromatic rings. The van der Waals surface area contributed by atoms with Gasteiger partial charge in [0.2, 0.25) is 0 Å². The van der Waals surface area contributed by atoms with E-state index in [2.05, 4.69) is 15.8 Å². The summed E-state index contributed by atoms with van der Waals surface area (Å²) in [6.07, 6.45) is 3.58. The summed E-state index contributed by atoms with van der Waals surface area (Å²) >= 11 is 0. The topological polar surface area (TPSA) is 75.5 Å². The molecule has 0 bridgehead atoms. The molecule has 2 amide bonds. The summed E-state index contributed by atoms with van der Waals surface area (Å²) in [6, 6.07) is 14.5. The predicted octanol–water partition coefficient (Wildman–Crippen LogP) is 3.39. The van der Waals surface area contributed by atoms with Gasteiger partial charge in [-0.1, -0.05) is 49.7 Å². The molecule has 0 aliphatic heterocycles. The Morgan fingerprint density at radius 3 is 2.45 bits per heavy atom. The molecule has 150 valence electrons. The van der Waals surface area contributed by atoms with E-state index < -0.39 is 6.04 Å². The maximum absolute atomic E-state index is 12.6. The number of nitrogens with zero attached hydrogens (tertiary/aromatic N) is 2. The Morgan fingerprint density at radius 2 is 1.76 bits per heavy atom. The van der Waals surface area contributed by atoms with Crippen LogP contribution in [0.2, 0.25) is 0 Å². The molecule has 1 atom stereocenters. The van der Waals surface area contributed by atoms with Crippen molar-refractivity contribution in [3.05, 3.63) is 71.4 Å². The third-order valence-corrected chi connectivity index (χ3v) is 4.86. The van der Waals surface area contributed by atoms with Crippen LogP contribution in [0.25, 0.3) is 10.9 Å². The Morgan fingerprint density at radius 1 is 1.07 bits per heavy atom. The first-order chi connectivity index (χ1) is 13.9. The summed E-state index contributed by atoms with van der Waals surface area (Å²) in [5.74, 6) is -0.717. The van der Waals surface area contributed by atoms with Crippen molar-refractivity contribution in [3.8, 4) is 0 Å². The summed E-state index contributed by atoms with van der Waals surface area (Å²) < 4.78 is 2.01. The van der Waals surface area contributed by atoms with Crippen LogP contribution in [0.15, 0.2) is 59.8 Å². The SMILES string of the molecule is Cc1ccc(C(=O)NC(C(=O)NN=Cc2cn(C)c3ccccc23)C(C)C)cc1. The van der Waals surface area contributed by atoms with Gasteiger partial charge in [0.05, 0.1) is 6.21 Å². The van der Waals surface area contributed by atoms with Crippen molar-refractivity contribution in [1.82, 2.24) is 15.3 Å². The van der Waals surface area contributed by atoms with Crippen LogP contribution in [0.1, 0.15) is 35.3 Å². The van der Waals surface area contributed by atoms with Gasteiger partial charge in [-0.15, -0.1) is 0 Å². The van der Waals surface area contributed by atoms with Gasteiger partial charge in [-0.25, -0.2) is 5.43 Å². The Hall–Kier alpha value is -3.41. The second-order valence-corrected chi connectivity index (χ2v) is 7.51. The van der Waals surface area contributed by atoms with E-state index in [9.17, 15) is 9.59 Å². The van der Waals surface area contributed by atoms with Crippen LogP contribution in [-0.4, -0.2) is 28.6 Å². The number of carbonyl (C=O) groups is 2. The van der Waals surface area contributed by atoms with Crippen LogP contribution in [-0.2, 0) is 11.8 Å². The van der Waals surface area contributed by atoms with Gasteiger partial charge in [0.1, 0.15) is 6.04 Å². The third-order valence-electron chi connectivity index (χ3n) is 4.86. The largest absolute Gasteiger partial charge is 0.350 e. The fourth-order valence-electron chi connectivity index (χ4n) is 3.18. The Bertz CT molecular complexity index is 1050. The van der Waals surface area contributed by atoms with Gasteiger partial charge in [0.15, 0.2) is 0 Å². The number of hydrogen-bond donors (Lipinski definition) is 2. The lowest BCUT2D eigenvalue weighted by Crippen LogP contribution is -2.48. The molecule has 1 unspecified atom stereocenters. The highest BCUT2D eigenvalue weighted by Crippen LogP contribution is 2.18. The number of benzene rings is 2. The number of hydrazone groups is 1. The standard InChI is InChI=1S/C23H26N4O2/c1-15(2)21(25-22(28)17-11-9-16(3)10-12-17)23(29)26-24-13-18-14-27(4)20-8-6-5-7-19(18)20/h5-15,21H,1-4H3,(H,25,28)(H,26,29). The van der Waals surface area contributed by atoms with Crippen molar-refractivity contribution in [1.29, 1.82) is 0 Å². The van der Waals surface area contributed by atoms with Crippen molar-refractivity contribution in [2.75, 3.05) is 0 Å². The monoisotopic (exact) mass is 390 g/mol. The molecule has 1 heterocycles. The number of aromatic nitrogens is 1. The maximum Gasteiger partial charge on any atom is 0.262 e. The van der Waals surface area contributed by atoms with Crippen LogP contribution < -0.4 is 10.7 Å². The molecular formula is C23H26N4O2.